The van der Waals surface area contributed by atoms with Gasteiger partial charge in [0.25, 0.3) is 0 Å². The molecule has 2 aliphatic heterocycles. The number of anilines is 1. The predicted molar refractivity (Wildman–Crippen MR) is 137 cm³/mol. The average Bonchev–Trinajstić information content (AvgIpc) is 2.99. The van der Waals surface area contributed by atoms with Crippen LogP contribution in [0.1, 0.15) is 75.6 Å². The van der Waals surface area contributed by atoms with Gasteiger partial charge in [0.05, 0.1) is 17.8 Å². The van der Waals surface area contributed by atoms with Gasteiger partial charge in [0.2, 0.25) is 0 Å². The van der Waals surface area contributed by atoms with Crippen LogP contribution in [0.15, 0.2) is 30.3 Å². The minimum atomic E-state index is -0.709. The molecule has 2 aliphatic rings. The smallest absolute Gasteiger partial charge is 0.455 e. The molecule has 1 saturated heterocycles. The van der Waals surface area contributed by atoms with E-state index in [0.29, 0.717) is 18.6 Å². The summed E-state index contributed by atoms with van der Waals surface area (Å²) in [5, 5.41) is 0. The first kappa shape index (κ1) is 25.7. The second-order valence-electron chi connectivity index (χ2n) is 11.4. The van der Waals surface area contributed by atoms with Gasteiger partial charge in [-0.05, 0) is 77.6 Å². The number of benzene rings is 1. The number of carbonyl (C=O) groups excluding carboxylic acids is 1. The minimum Gasteiger partial charge on any atom is -0.455 e. The van der Waals surface area contributed by atoms with Crippen molar-refractivity contribution in [3.8, 4) is 0 Å². The molecule has 0 bridgehead atoms. The Hall–Kier alpha value is -2.42. The normalized spacial score (nSPS) is 19.0. The van der Waals surface area contributed by atoms with Gasteiger partial charge in [0.1, 0.15) is 11.4 Å². The third-order valence-electron chi connectivity index (χ3n) is 7.01. The molecule has 1 aromatic carbocycles. The van der Waals surface area contributed by atoms with Crippen molar-refractivity contribution in [2.24, 2.45) is 0 Å². The Morgan fingerprint density at radius 1 is 1.11 bits per heavy atom. The van der Waals surface area contributed by atoms with E-state index in [-0.39, 0.29) is 5.69 Å². The summed E-state index contributed by atoms with van der Waals surface area (Å²) in [6, 6.07) is 10.2. The number of esters is 1. The minimum absolute atomic E-state index is 0.229. The van der Waals surface area contributed by atoms with E-state index in [2.05, 4.69) is 23.1 Å². The molecule has 0 spiro atoms. The quantitative estimate of drug-likeness (QED) is 0.473. The Morgan fingerprint density at radius 3 is 2.43 bits per heavy atom. The number of ether oxygens (including phenoxy) is 2. The Labute approximate surface area is 209 Å². The average molecular weight is 480 g/mol. The summed E-state index contributed by atoms with van der Waals surface area (Å²) in [5.74, 6) is 0.241. The number of rotatable bonds is 5. The molecule has 8 heteroatoms. The van der Waals surface area contributed by atoms with Crippen LogP contribution < -0.4 is 10.4 Å². The van der Waals surface area contributed by atoms with E-state index in [1.54, 1.807) is 7.11 Å². The molecular formula is C27H37BN2O5. The van der Waals surface area contributed by atoms with Gasteiger partial charge in [-0.15, -0.1) is 0 Å². The van der Waals surface area contributed by atoms with Crippen LogP contribution in [0.4, 0.5) is 5.82 Å². The number of nitrogens with zero attached hydrogens (tertiary/aromatic N) is 2. The first-order valence-corrected chi connectivity index (χ1v) is 12.2. The fraction of sp³-hybridized carbons (Fsp3) is 0.556. The molecule has 1 fully saturated rings. The maximum atomic E-state index is 13.3. The molecule has 35 heavy (non-hydrogen) atoms. The number of hydrogen-bond donors (Lipinski definition) is 0. The molecule has 4 rings (SSSR count). The van der Waals surface area contributed by atoms with Crippen molar-refractivity contribution in [3.05, 3.63) is 52.7 Å². The number of hydrogen-bond acceptors (Lipinski definition) is 7. The molecule has 0 atom stereocenters. The summed E-state index contributed by atoms with van der Waals surface area (Å²) in [7, 11) is 1.00. The zero-order valence-electron chi connectivity index (χ0n) is 22.2. The predicted octanol–water partition coefficient (Wildman–Crippen LogP) is 4.05. The van der Waals surface area contributed by atoms with Crippen LogP contribution in [0.5, 0.6) is 0 Å². The van der Waals surface area contributed by atoms with Gasteiger partial charge in [-0.3, -0.25) is 0 Å². The van der Waals surface area contributed by atoms with Gasteiger partial charge in [-0.25, -0.2) is 9.78 Å². The number of carbonyl (C=O) groups is 1. The largest absolute Gasteiger partial charge is 0.497 e. The third kappa shape index (κ3) is 5.25. The summed E-state index contributed by atoms with van der Waals surface area (Å²) in [6.45, 7) is 15.6. The molecular weight excluding hydrogens is 443 g/mol. The van der Waals surface area contributed by atoms with Crippen LogP contribution in [0.25, 0.3) is 0 Å². The highest BCUT2D eigenvalue weighted by Crippen LogP contribution is 2.37. The summed E-state index contributed by atoms with van der Waals surface area (Å²) in [4.78, 5) is 20.3. The van der Waals surface area contributed by atoms with Gasteiger partial charge in [-0.1, -0.05) is 24.3 Å². The maximum Gasteiger partial charge on any atom is 0.497 e. The van der Waals surface area contributed by atoms with Crippen molar-refractivity contribution in [2.45, 2.75) is 84.8 Å². The van der Waals surface area contributed by atoms with Crippen molar-refractivity contribution >= 4 is 24.4 Å². The lowest BCUT2D eigenvalue weighted by atomic mass is 9.77. The van der Waals surface area contributed by atoms with E-state index in [9.17, 15) is 4.79 Å². The second-order valence-corrected chi connectivity index (χ2v) is 11.4. The molecule has 0 saturated carbocycles. The van der Waals surface area contributed by atoms with Gasteiger partial charge in [0, 0.05) is 25.7 Å². The maximum absolute atomic E-state index is 13.3. The van der Waals surface area contributed by atoms with E-state index in [0.717, 1.165) is 18.8 Å². The van der Waals surface area contributed by atoms with E-state index < -0.39 is 29.9 Å². The molecule has 0 radical (unpaired) electrons. The van der Waals surface area contributed by atoms with E-state index in [1.165, 1.54) is 16.7 Å². The molecule has 3 heterocycles. The summed E-state index contributed by atoms with van der Waals surface area (Å²) in [6.07, 6.45) is 0.898. The fourth-order valence-corrected chi connectivity index (χ4v) is 4.42. The highest BCUT2D eigenvalue weighted by Gasteiger charge is 2.53. The van der Waals surface area contributed by atoms with Crippen LogP contribution in [0, 0.1) is 0 Å². The van der Waals surface area contributed by atoms with Crippen molar-refractivity contribution in [1.29, 1.82) is 0 Å². The molecule has 0 aliphatic carbocycles. The van der Waals surface area contributed by atoms with Gasteiger partial charge < -0.3 is 23.7 Å². The highest BCUT2D eigenvalue weighted by atomic mass is 16.7. The standard InChI is InChI=1S/C27H37BN2O5/c1-25(2,3)33-24(31)23-21(28-34-26(4,5)27(6,7)35-28)12-13-22(29-23)30-15-14-18-10-9-11-19(17-32-8)20(18)16-30/h9-13H,14-17H2,1-8H3. The lowest BCUT2D eigenvalue weighted by Crippen LogP contribution is -2.41. The zero-order chi connectivity index (χ0) is 25.6. The molecule has 188 valence electrons. The summed E-state index contributed by atoms with van der Waals surface area (Å²) in [5.41, 5.74) is 2.86. The number of pyridine rings is 1. The Bertz CT molecular complexity index is 1090. The topological polar surface area (TPSA) is 70.1 Å². The first-order chi connectivity index (χ1) is 16.3. The second kappa shape index (κ2) is 9.23. The molecule has 1 aromatic heterocycles. The molecule has 0 N–H and O–H groups in total. The Morgan fingerprint density at radius 2 is 1.80 bits per heavy atom. The molecule has 0 amide bonds. The Kier molecular flexibility index (Phi) is 6.77. The van der Waals surface area contributed by atoms with Crippen LogP contribution >= 0.6 is 0 Å². The third-order valence-corrected chi connectivity index (χ3v) is 7.01. The monoisotopic (exact) mass is 480 g/mol. The summed E-state index contributed by atoms with van der Waals surface area (Å²) < 4.78 is 23.6. The zero-order valence-corrected chi connectivity index (χ0v) is 22.2. The van der Waals surface area contributed by atoms with E-state index in [1.807, 2.05) is 60.6 Å². The molecule has 0 unspecified atom stereocenters. The van der Waals surface area contributed by atoms with Crippen molar-refractivity contribution < 1.29 is 23.6 Å². The highest BCUT2D eigenvalue weighted by molar-refractivity contribution is 6.63. The Balaban J connectivity index is 1.70. The van der Waals surface area contributed by atoms with Crippen molar-refractivity contribution in [2.75, 3.05) is 18.6 Å². The van der Waals surface area contributed by atoms with Crippen LogP contribution in [0.2, 0.25) is 0 Å². The first-order valence-electron chi connectivity index (χ1n) is 12.2. The number of fused-ring (bicyclic) bond motifs is 1. The SMILES string of the molecule is COCc1cccc2c1CN(c1ccc(B3OC(C)(C)C(C)(C)O3)c(C(=O)OC(C)(C)C)n1)CC2. The van der Waals surface area contributed by atoms with E-state index >= 15 is 0 Å². The van der Waals surface area contributed by atoms with Gasteiger partial charge >= 0.3 is 13.1 Å². The lowest BCUT2D eigenvalue weighted by molar-refractivity contribution is 0.00578. The lowest BCUT2D eigenvalue weighted by Gasteiger charge is -2.32. The number of aromatic nitrogens is 1. The number of methoxy groups -OCH3 is 1. The van der Waals surface area contributed by atoms with Crippen LogP contribution in [0.3, 0.4) is 0 Å². The summed E-state index contributed by atoms with van der Waals surface area (Å²) >= 11 is 0. The van der Waals surface area contributed by atoms with Crippen LogP contribution in [-0.2, 0) is 38.4 Å². The van der Waals surface area contributed by atoms with Gasteiger partial charge in [0.15, 0.2) is 5.69 Å². The molecule has 7 nitrogen and oxygen atoms in total. The fourth-order valence-electron chi connectivity index (χ4n) is 4.42. The van der Waals surface area contributed by atoms with Crippen molar-refractivity contribution in [1.82, 2.24) is 4.98 Å². The molecule has 2 aromatic rings. The van der Waals surface area contributed by atoms with Crippen molar-refractivity contribution in [3.63, 3.8) is 0 Å². The van der Waals surface area contributed by atoms with Crippen LogP contribution in [-0.4, -0.2) is 48.5 Å². The van der Waals surface area contributed by atoms with E-state index in [4.69, 9.17) is 23.8 Å². The van der Waals surface area contributed by atoms with Gasteiger partial charge in [-0.2, -0.15) is 0 Å².